The molecule has 0 aliphatic heterocycles. The lowest BCUT2D eigenvalue weighted by molar-refractivity contribution is 0.714. The zero-order chi connectivity index (χ0) is 40.5. The highest BCUT2D eigenvalue weighted by Crippen LogP contribution is 2.55. The van der Waals surface area contributed by atoms with E-state index >= 15 is 0 Å². The first-order valence-corrected chi connectivity index (χ1v) is 21.7. The van der Waals surface area contributed by atoms with Crippen LogP contribution >= 0.6 is 11.3 Å². The van der Waals surface area contributed by atoms with E-state index < -0.39 is 0 Å². The molecule has 11 aromatic rings. The van der Waals surface area contributed by atoms with Gasteiger partial charge < -0.3 is 0 Å². The van der Waals surface area contributed by atoms with E-state index in [-0.39, 0.29) is 5.41 Å². The molecule has 0 saturated heterocycles. The number of aromatic nitrogens is 2. The van der Waals surface area contributed by atoms with Crippen LogP contribution in [0.3, 0.4) is 0 Å². The predicted molar refractivity (Wildman–Crippen MR) is 257 cm³/mol. The van der Waals surface area contributed by atoms with Crippen LogP contribution in [0, 0.1) is 0 Å². The molecule has 2 nitrogen and oxygen atoms in total. The zero-order valence-corrected chi connectivity index (χ0v) is 34.3. The third kappa shape index (κ3) is 5.69. The van der Waals surface area contributed by atoms with Crippen molar-refractivity contribution in [2.24, 2.45) is 0 Å². The van der Waals surface area contributed by atoms with Crippen molar-refractivity contribution in [1.29, 1.82) is 0 Å². The quantitative estimate of drug-likeness (QED) is 0.168. The molecule has 9 aromatic carbocycles. The number of thiophene rings is 1. The fourth-order valence-electron chi connectivity index (χ4n) is 9.80. The maximum absolute atomic E-state index is 5.32. The van der Waals surface area contributed by atoms with E-state index in [1.807, 2.05) is 17.4 Å². The molecule has 2 aromatic heterocycles. The van der Waals surface area contributed by atoms with Gasteiger partial charge in [0.2, 0.25) is 0 Å². The summed E-state index contributed by atoms with van der Waals surface area (Å²) in [7, 11) is 0. The van der Waals surface area contributed by atoms with Crippen molar-refractivity contribution in [3.8, 4) is 67.3 Å². The molecule has 12 rings (SSSR count). The molecule has 0 amide bonds. The molecule has 0 saturated carbocycles. The Kier molecular flexibility index (Phi) is 8.19. The van der Waals surface area contributed by atoms with Gasteiger partial charge in [-0.05, 0) is 92.0 Å². The molecule has 2 heterocycles. The molecule has 1 aliphatic carbocycles. The van der Waals surface area contributed by atoms with Crippen molar-refractivity contribution in [1.82, 2.24) is 9.97 Å². The number of hydrogen-bond acceptors (Lipinski definition) is 3. The average molecular weight is 795 g/mol. The van der Waals surface area contributed by atoms with Gasteiger partial charge in [-0.2, -0.15) is 0 Å². The van der Waals surface area contributed by atoms with Gasteiger partial charge in [0.25, 0.3) is 0 Å². The highest BCUT2D eigenvalue weighted by molar-refractivity contribution is 7.25. The van der Waals surface area contributed by atoms with Crippen molar-refractivity contribution >= 4 is 42.3 Å². The molecule has 0 N–H and O–H groups in total. The molecule has 1 aliphatic rings. The summed E-state index contributed by atoms with van der Waals surface area (Å²) in [6.45, 7) is 2.36. The number of nitrogens with zero attached hydrogens (tertiary/aromatic N) is 2. The van der Waals surface area contributed by atoms with Crippen LogP contribution in [0.1, 0.15) is 23.6 Å². The monoisotopic (exact) mass is 794 g/mol. The predicted octanol–water partition coefficient (Wildman–Crippen LogP) is 15.7. The molecule has 0 radical (unpaired) electrons. The van der Waals surface area contributed by atoms with Gasteiger partial charge in [0.1, 0.15) is 0 Å². The fourth-order valence-corrected chi connectivity index (χ4v) is 10.9. The number of fused-ring (bicyclic) bond motifs is 7. The minimum atomic E-state index is -0.300. The van der Waals surface area contributed by atoms with Crippen LogP contribution in [0.4, 0.5) is 0 Å². The highest BCUT2D eigenvalue weighted by atomic mass is 32.1. The van der Waals surface area contributed by atoms with E-state index in [0.29, 0.717) is 5.82 Å². The van der Waals surface area contributed by atoms with Crippen LogP contribution < -0.4 is 0 Å². The molecule has 61 heavy (non-hydrogen) atoms. The fraction of sp³-hybridized carbons (Fsp3) is 0.0345. The summed E-state index contributed by atoms with van der Waals surface area (Å²) in [5, 5.41) is 5.12. The van der Waals surface area contributed by atoms with Gasteiger partial charge in [-0.25, -0.2) is 9.97 Å². The standard InChI is InChI=1S/C58H38N2S/c1-58(41-17-6-3-7-18-41)50-24-12-10-22-47(50)56-48(23-14-25-51(56)58)53-36-52(59-57(60-53)39-15-4-2-5-16-39)38-29-27-37(28-30-38)42-32-33-43(45-20-9-8-19-44(42)45)40-31-34-55-49(35-40)46-21-11-13-26-54(46)61-55/h2-36H,1H3. The summed E-state index contributed by atoms with van der Waals surface area (Å²) < 4.78 is 2.65. The average Bonchev–Trinajstić information content (AvgIpc) is 3.84. The lowest BCUT2D eigenvalue weighted by atomic mass is 9.74. The molecule has 0 bridgehead atoms. The van der Waals surface area contributed by atoms with Gasteiger partial charge >= 0.3 is 0 Å². The maximum Gasteiger partial charge on any atom is 0.160 e. The molecular weight excluding hydrogens is 757 g/mol. The Morgan fingerprint density at radius 2 is 0.934 bits per heavy atom. The second-order valence-electron chi connectivity index (χ2n) is 16.2. The summed E-state index contributed by atoms with van der Waals surface area (Å²) in [4.78, 5) is 10.6. The van der Waals surface area contributed by atoms with Gasteiger partial charge in [-0.15, -0.1) is 11.3 Å². The molecule has 0 spiro atoms. The van der Waals surface area contributed by atoms with Crippen molar-refractivity contribution in [2.75, 3.05) is 0 Å². The third-order valence-electron chi connectivity index (χ3n) is 12.8. The van der Waals surface area contributed by atoms with E-state index in [1.165, 1.54) is 81.0 Å². The van der Waals surface area contributed by atoms with Gasteiger partial charge in [0.15, 0.2) is 5.82 Å². The first-order chi connectivity index (χ1) is 30.1. The number of hydrogen-bond donors (Lipinski definition) is 0. The van der Waals surface area contributed by atoms with Gasteiger partial charge in [0, 0.05) is 42.3 Å². The van der Waals surface area contributed by atoms with Crippen LogP contribution in [0.15, 0.2) is 212 Å². The Bertz CT molecular complexity index is 3480. The van der Waals surface area contributed by atoms with Gasteiger partial charge in [-0.1, -0.05) is 188 Å². The van der Waals surface area contributed by atoms with E-state index in [9.17, 15) is 0 Å². The summed E-state index contributed by atoms with van der Waals surface area (Å²) in [6, 6.07) is 76.9. The third-order valence-corrected chi connectivity index (χ3v) is 14.0. The molecule has 1 atom stereocenters. The summed E-state index contributed by atoms with van der Waals surface area (Å²) in [6.07, 6.45) is 0. The minimum Gasteiger partial charge on any atom is -0.228 e. The minimum absolute atomic E-state index is 0.300. The molecule has 1 unspecified atom stereocenters. The van der Waals surface area contributed by atoms with E-state index in [0.717, 1.165) is 28.1 Å². The Labute approximate surface area is 359 Å². The lowest BCUT2D eigenvalue weighted by Gasteiger charge is -2.28. The maximum atomic E-state index is 5.32. The van der Waals surface area contributed by atoms with Crippen LogP contribution in [0.5, 0.6) is 0 Å². The van der Waals surface area contributed by atoms with Crippen molar-refractivity contribution in [3.05, 3.63) is 229 Å². The van der Waals surface area contributed by atoms with Crippen LogP contribution in [-0.2, 0) is 5.41 Å². The van der Waals surface area contributed by atoms with Crippen LogP contribution in [0.25, 0.3) is 98.2 Å². The van der Waals surface area contributed by atoms with Crippen molar-refractivity contribution in [2.45, 2.75) is 12.3 Å². The Balaban J connectivity index is 0.966. The second-order valence-corrected chi connectivity index (χ2v) is 17.3. The summed E-state index contributed by atoms with van der Waals surface area (Å²) >= 11 is 1.86. The molecule has 0 fully saturated rings. The highest BCUT2D eigenvalue weighted by Gasteiger charge is 2.41. The van der Waals surface area contributed by atoms with Crippen LogP contribution in [0.2, 0.25) is 0 Å². The number of benzene rings is 9. The smallest absolute Gasteiger partial charge is 0.160 e. The first-order valence-electron chi connectivity index (χ1n) is 20.9. The van der Waals surface area contributed by atoms with Gasteiger partial charge in [0.05, 0.1) is 11.4 Å². The largest absolute Gasteiger partial charge is 0.228 e. The second kappa shape index (κ2) is 14.1. The topological polar surface area (TPSA) is 25.8 Å². The van der Waals surface area contributed by atoms with E-state index in [2.05, 4.69) is 213 Å². The lowest BCUT2D eigenvalue weighted by Crippen LogP contribution is -2.22. The summed E-state index contributed by atoms with van der Waals surface area (Å²) in [5.41, 5.74) is 15.9. The molecular formula is C58H38N2S. The normalized spacial score (nSPS) is 14.4. The molecule has 286 valence electrons. The van der Waals surface area contributed by atoms with E-state index in [1.54, 1.807) is 0 Å². The Morgan fingerprint density at radius 1 is 0.361 bits per heavy atom. The summed E-state index contributed by atoms with van der Waals surface area (Å²) in [5.74, 6) is 0.710. The van der Waals surface area contributed by atoms with Crippen molar-refractivity contribution < 1.29 is 0 Å². The van der Waals surface area contributed by atoms with Gasteiger partial charge in [-0.3, -0.25) is 0 Å². The Morgan fingerprint density at radius 3 is 1.72 bits per heavy atom. The van der Waals surface area contributed by atoms with E-state index in [4.69, 9.17) is 9.97 Å². The Hall–Kier alpha value is -7.46. The number of rotatable bonds is 6. The SMILES string of the molecule is CC1(c2ccccc2)c2ccccc2-c2c(-c3cc(-c4ccc(-c5ccc(-c6ccc7sc8ccccc8c7c6)c6ccccc56)cc4)nc(-c4ccccc4)n3)cccc21. The zero-order valence-electron chi connectivity index (χ0n) is 33.5. The van der Waals surface area contributed by atoms with Crippen LogP contribution in [-0.4, -0.2) is 9.97 Å². The first kappa shape index (κ1) is 35.5. The molecule has 3 heteroatoms. The van der Waals surface area contributed by atoms with Crippen molar-refractivity contribution in [3.63, 3.8) is 0 Å².